The Morgan fingerprint density at radius 2 is 2.00 bits per heavy atom. The molecule has 13 heavy (non-hydrogen) atoms. The number of nitrogens with zero attached hydrogens (tertiary/aromatic N) is 1. The first kappa shape index (κ1) is 8.36. The third-order valence-corrected chi connectivity index (χ3v) is 3.06. The average molecular weight is 173 g/mol. The molecule has 0 fully saturated rings. The number of hydrogen-bond acceptors (Lipinski definition) is 1. The molecular formula is C12H15N. The number of rotatable bonds is 0. The van der Waals surface area contributed by atoms with E-state index < -0.39 is 0 Å². The summed E-state index contributed by atoms with van der Waals surface area (Å²) in [5.41, 5.74) is 6.77. The Hall–Kier alpha value is -1.24. The van der Waals surface area contributed by atoms with Crippen LogP contribution < -0.4 is 4.90 Å². The van der Waals surface area contributed by atoms with Crippen molar-refractivity contribution in [3.05, 3.63) is 41.1 Å². The molecule has 1 heteroatoms. The van der Waals surface area contributed by atoms with Crippen molar-refractivity contribution >= 4 is 5.69 Å². The molecular weight excluding hydrogens is 158 g/mol. The van der Waals surface area contributed by atoms with Gasteiger partial charge < -0.3 is 4.90 Å². The minimum Gasteiger partial charge on any atom is -0.348 e. The number of likely N-dealkylation sites (N-methyl/N-ethyl adjacent to an activating group) is 1. The number of anilines is 1. The third-order valence-electron chi connectivity index (χ3n) is 3.06. The molecule has 1 aromatic carbocycles. The van der Waals surface area contributed by atoms with Gasteiger partial charge in [0, 0.05) is 24.9 Å². The molecule has 1 aliphatic heterocycles. The zero-order valence-electron chi connectivity index (χ0n) is 8.52. The maximum absolute atomic E-state index is 4.05. The summed E-state index contributed by atoms with van der Waals surface area (Å²) in [5.74, 6) is 0. The first-order valence-electron chi connectivity index (χ1n) is 4.62. The molecule has 68 valence electrons. The van der Waals surface area contributed by atoms with Gasteiger partial charge in [0.1, 0.15) is 0 Å². The largest absolute Gasteiger partial charge is 0.348 e. The van der Waals surface area contributed by atoms with Gasteiger partial charge >= 0.3 is 0 Å². The third kappa shape index (κ3) is 1.07. The minimum atomic E-state index is 1.01. The fraction of sp³-hybridized carbons (Fsp3) is 0.333. The van der Waals surface area contributed by atoms with Crippen LogP contribution in [0.25, 0.3) is 0 Å². The highest BCUT2D eigenvalue weighted by Crippen LogP contribution is 2.35. The number of fused-ring (bicyclic) bond motifs is 1. The van der Waals surface area contributed by atoms with Crippen LogP contribution in [-0.4, -0.2) is 7.05 Å². The monoisotopic (exact) mass is 173 g/mol. The van der Waals surface area contributed by atoms with Gasteiger partial charge in [0.2, 0.25) is 0 Å². The molecule has 0 saturated carbocycles. The first-order chi connectivity index (χ1) is 6.11. The summed E-state index contributed by atoms with van der Waals surface area (Å²) in [6.07, 6.45) is 1.01. The second-order valence-electron chi connectivity index (χ2n) is 3.81. The molecule has 0 aliphatic carbocycles. The highest BCUT2D eigenvalue weighted by molar-refractivity contribution is 5.67. The van der Waals surface area contributed by atoms with E-state index in [1.807, 2.05) is 0 Å². The van der Waals surface area contributed by atoms with Crippen molar-refractivity contribution in [3.63, 3.8) is 0 Å². The van der Waals surface area contributed by atoms with Crippen LogP contribution in [0.15, 0.2) is 24.4 Å². The van der Waals surface area contributed by atoms with E-state index in [0.29, 0.717) is 0 Å². The molecule has 0 N–H and O–H groups in total. The summed E-state index contributed by atoms with van der Waals surface area (Å²) in [5, 5.41) is 0. The molecule has 0 radical (unpaired) electrons. The molecule has 0 atom stereocenters. The quantitative estimate of drug-likeness (QED) is 0.583. The van der Waals surface area contributed by atoms with Crippen molar-refractivity contribution in [1.82, 2.24) is 0 Å². The molecule has 0 amide bonds. The van der Waals surface area contributed by atoms with Crippen molar-refractivity contribution in [2.24, 2.45) is 0 Å². The summed E-state index contributed by atoms with van der Waals surface area (Å²) in [6, 6.07) is 4.37. The van der Waals surface area contributed by atoms with Gasteiger partial charge in [0.05, 0.1) is 0 Å². The van der Waals surface area contributed by atoms with Crippen molar-refractivity contribution in [2.45, 2.75) is 20.3 Å². The van der Waals surface area contributed by atoms with Gasteiger partial charge in [0.15, 0.2) is 0 Å². The summed E-state index contributed by atoms with van der Waals surface area (Å²) >= 11 is 0. The van der Waals surface area contributed by atoms with E-state index >= 15 is 0 Å². The maximum Gasteiger partial charge on any atom is 0.0444 e. The second-order valence-corrected chi connectivity index (χ2v) is 3.81. The summed E-state index contributed by atoms with van der Waals surface area (Å²) in [7, 11) is 2.09. The lowest BCUT2D eigenvalue weighted by Gasteiger charge is -2.14. The van der Waals surface area contributed by atoms with Crippen molar-refractivity contribution < 1.29 is 0 Å². The van der Waals surface area contributed by atoms with Crippen LogP contribution in [0.5, 0.6) is 0 Å². The van der Waals surface area contributed by atoms with E-state index in [1.54, 1.807) is 0 Å². The van der Waals surface area contributed by atoms with Gasteiger partial charge in [-0.2, -0.15) is 0 Å². The van der Waals surface area contributed by atoms with Crippen LogP contribution >= 0.6 is 0 Å². The van der Waals surface area contributed by atoms with Crippen LogP contribution in [-0.2, 0) is 6.42 Å². The SMILES string of the molecule is C=C1Cc2c(ccc(C)c2C)N1C. The fourth-order valence-corrected chi connectivity index (χ4v) is 1.89. The predicted octanol–water partition coefficient (Wildman–Crippen LogP) is 2.81. The lowest BCUT2D eigenvalue weighted by molar-refractivity contribution is 1.10. The van der Waals surface area contributed by atoms with E-state index in [1.165, 1.54) is 28.1 Å². The van der Waals surface area contributed by atoms with E-state index in [4.69, 9.17) is 0 Å². The van der Waals surface area contributed by atoms with Gasteiger partial charge in [-0.3, -0.25) is 0 Å². The number of aryl methyl sites for hydroxylation is 1. The van der Waals surface area contributed by atoms with Crippen LogP contribution in [0.4, 0.5) is 5.69 Å². The van der Waals surface area contributed by atoms with Gasteiger partial charge in [-0.1, -0.05) is 12.6 Å². The Kier molecular flexibility index (Phi) is 1.69. The van der Waals surface area contributed by atoms with E-state index in [-0.39, 0.29) is 0 Å². The van der Waals surface area contributed by atoms with Crippen LogP contribution in [0.2, 0.25) is 0 Å². The van der Waals surface area contributed by atoms with E-state index in [2.05, 4.69) is 44.5 Å². The van der Waals surface area contributed by atoms with E-state index in [0.717, 1.165) is 6.42 Å². The second kappa shape index (κ2) is 2.63. The lowest BCUT2D eigenvalue weighted by Crippen LogP contribution is -2.09. The number of allylic oxidation sites excluding steroid dienone is 1. The first-order valence-corrected chi connectivity index (χ1v) is 4.62. The summed E-state index contributed by atoms with van der Waals surface area (Å²) < 4.78 is 0. The highest BCUT2D eigenvalue weighted by Gasteiger charge is 2.21. The Bertz CT molecular complexity index is 377. The molecule has 2 rings (SSSR count). The van der Waals surface area contributed by atoms with Crippen LogP contribution in [0.1, 0.15) is 16.7 Å². The van der Waals surface area contributed by atoms with E-state index in [9.17, 15) is 0 Å². The van der Waals surface area contributed by atoms with Crippen molar-refractivity contribution in [1.29, 1.82) is 0 Å². The smallest absolute Gasteiger partial charge is 0.0444 e. The lowest BCUT2D eigenvalue weighted by atomic mass is 10.0. The van der Waals surface area contributed by atoms with Crippen molar-refractivity contribution in [2.75, 3.05) is 11.9 Å². The van der Waals surface area contributed by atoms with Gasteiger partial charge in [-0.05, 0) is 36.6 Å². The fourth-order valence-electron chi connectivity index (χ4n) is 1.89. The minimum absolute atomic E-state index is 1.01. The van der Waals surface area contributed by atoms with Crippen LogP contribution in [0.3, 0.4) is 0 Å². The van der Waals surface area contributed by atoms with Gasteiger partial charge in [-0.25, -0.2) is 0 Å². The van der Waals surface area contributed by atoms with Gasteiger partial charge in [0.25, 0.3) is 0 Å². The Morgan fingerprint density at radius 3 is 2.69 bits per heavy atom. The molecule has 1 heterocycles. The normalized spacial score (nSPS) is 15.0. The Morgan fingerprint density at radius 1 is 1.31 bits per heavy atom. The molecule has 0 aromatic heterocycles. The van der Waals surface area contributed by atoms with Gasteiger partial charge in [-0.15, -0.1) is 0 Å². The number of benzene rings is 1. The maximum atomic E-state index is 4.05. The Labute approximate surface area is 79.7 Å². The molecule has 0 unspecified atom stereocenters. The molecule has 0 bridgehead atoms. The van der Waals surface area contributed by atoms with Crippen molar-refractivity contribution in [3.8, 4) is 0 Å². The number of hydrogen-bond donors (Lipinski definition) is 0. The zero-order valence-corrected chi connectivity index (χ0v) is 8.52. The average Bonchev–Trinajstić information content (AvgIpc) is 2.38. The molecule has 0 spiro atoms. The molecule has 1 aliphatic rings. The van der Waals surface area contributed by atoms with Crippen LogP contribution in [0, 0.1) is 13.8 Å². The standard InChI is InChI=1S/C12H15N/c1-8-5-6-12-11(10(8)3)7-9(2)13(12)4/h5-6H,2,7H2,1,3-4H3. The molecule has 1 aromatic rings. The predicted molar refractivity (Wildman–Crippen MR) is 57.2 cm³/mol. The molecule has 0 saturated heterocycles. The topological polar surface area (TPSA) is 3.24 Å². The molecule has 1 nitrogen and oxygen atoms in total. The zero-order chi connectivity index (χ0) is 9.59. The summed E-state index contributed by atoms with van der Waals surface area (Å²) in [6.45, 7) is 8.41. The summed E-state index contributed by atoms with van der Waals surface area (Å²) in [4.78, 5) is 2.18. The Balaban J connectivity index is 2.64. The highest BCUT2D eigenvalue weighted by atomic mass is 15.1.